The summed E-state index contributed by atoms with van der Waals surface area (Å²) in [6.45, 7) is 3.61. The summed E-state index contributed by atoms with van der Waals surface area (Å²) < 4.78 is 0. The number of likely N-dealkylation sites (tertiary alicyclic amines) is 1. The van der Waals surface area contributed by atoms with E-state index in [-0.39, 0.29) is 0 Å². The van der Waals surface area contributed by atoms with Crippen LogP contribution in [-0.4, -0.2) is 23.0 Å². The van der Waals surface area contributed by atoms with E-state index < -0.39 is 0 Å². The zero-order chi connectivity index (χ0) is 11.0. The molecule has 2 heterocycles. The molecule has 3 rings (SSSR count). The van der Waals surface area contributed by atoms with Gasteiger partial charge in [-0.3, -0.25) is 4.90 Å². The Balaban J connectivity index is 1.73. The molecule has 2 nitrogen and oxygen atoms in total. The lowest BCUT2D eigenvalue weighted by Gasteiger charge is -2.11. The van der Waals surface area contributed by atoms with Gasteiger partial charge in [0.25, 0.3) is 0 Å². The largest absolute Gasteiger partial charge is 0.297 e. The molecular weight excluding hydrogens is 284 g/mol. The van der Waals surface area contributed by atoms with Gasteiger partial charge < -0.3 is 0 Å². The fourth-order valence-corrected chi connectivity index (χ4v) is 4.06. The topological polar surface area (TPSA) is 16.1 Å². The van der Waals surface area contributed by atoms with E-state index in [9.17, 15) is 0 Å². The number of rotatable bonds is 4. The summed E-state index contributed by atoms with van der Waals surface area (Å²) in [6, 6.07) is 0. The molecule has 1 saturated heterocycles. The molecule has 2 aliphatic rings. The van der Waals surface area contributed by atoms with Gasteiger partial charge in [0.05, 0.1) is 12.2 Å². The zero-order valence-corrected chi connectivity index (χ0v) is 11.8. The van der Waals surface area contributed by atoms with Gasteiger partial charge >= 0.3 is 0 Å². The van der Waals surface area contributed by atoms with Crippen LogP contribution in [0.3, 0.4) is 0 Å². The van der Waals surface area contributed by atoms with Gasteiger partial charge in [0.15, 0.2) is 0 Å². The van der Waals surface area contributed by atoms with Crippen molar-refractivity contribution in [1.29, 1.82) is 0 Å². The van der Waals surface area contributed by atoms with Crippen LogP contribution in [0, 0.1) is 0 Å². The minimum atomic E-state index is 0.788. The molecule has 4 heteroatoms. The average molecular weight is 301 g/mol. The van der Waals surface area contributed by atoms with Crippen LogP contribution in [0.1, 0.15) is 47.2 Å². The molecule has 0 atom stereocenters. The van der Waals surface area contributed by atoms with E-state index in [2.05, 4.69) is 20.8 Å². The summed E-state index contributed by atoms with van der Waals surface area (Å²) in [4.78, 5) is 8.86. The molecule has 1 aliphatic carbocycles. The van der Waals surface area contributed by atoms with Crippen molar-refractivity contribution < 1.29 is 0 Å². The normalized spacial score (nSPS) is 21.8. The first kappa shape index (κ1) is 11.2. The number of halogens is 1. The summed E-state index contributed by atoms with van der Waals surface area (Å²) in [5.74, 6) is 0.788. The molecule has 0 amide bonds. The van der Waals surface area contributed by atoms with Crippen molar-refractivity contribution in [3.63, 3.8) is 0 Å². The van der Waals surface area contributed by atoms with Gasteiger partial charge in [-0.15, -0.1) is 11.3 Å². The quantitative estimate of drug-likeness (QED) is 0.791. The van der Waals surface area contributed by atoms with Gasteiger partial charge in [-0.05, 0) is 38.8 Å². The second kappa shape index (κ2) is 4.75. The molecule has 0 bridgehead atoms. The zero-order valence-electron chi connectivity index (χ0n) is 9.41. The molecular formula is C12H17BrN2S. The fraction of sp³-hybridized carbons (Fsp3) is 0.750. The van der Waals surface area contributed by atoms with Crippen LogP contribution in [0.4, 0.5) is 0 Å². The number of aromatic nitrogens is 1. The molecule has 1 aromatic heterocycles. The minimum absolute atomic E-state index is 0.788. The van der Waals surface area contributed by atoms with Crippen molar-refractivity contribution in [2.45, 2.75) is 43.5 Å². The van der Waals surface area contributed by atoms with E-state index >= 15 is 0 Å². The molecule has 0 aromatic carbocycles. The van der Waals surface area contributed by atoms with Crippen LogP contribution in [-0.2, 0) is 11.9 Å². The molecule has 16 heavy (non-hydrogen) atoms. The van der Waals surface area contributed by atoms with E-state index in [0.717, 1.165) is 17.8 Å². The third kappa shape index (κ3) is 2.34. The van der Waals surface area contributed by atoms with Crippen LogP contribution in [0.2, 0.25) is 0 Å². The van der Waals surface area contributed by atoms with Crippen molar-refractivity contribution in [2.75, 3.05) is 13.1 Å². The molecule has 1 saturated carbocycles. The standard InChI is InChI=1S/C12H17BrN2S/c13-7-10-12(9-3-4-9)14-11(16-10)8-15-5-1-2-6-15/h9H,1-8H2. The molecule has 1 aliphatic heterocycles. The fourth-order valence-electron chi connectivity index (χ4n) is 2.39. The number of alkyl halides is 1. The Morgan fingerprint density at radius 1 is 1.31 bits per heavy atom. The summed E-state index contributed by atoms with van der Waals surface area (Å²) >= 11 is 5.50. The third-order valence-electron chi connectivity index (χ3n) is 3.41. The van der Waals surface area contributed by atoms with Crippen molar-refractivity contribution in [1.82, 2.24) is 9.88 Å². The maximum atomic E-state index is 4.85. The van der Waals surface area contributed by atoms with Crippen LogP contribution in [0.5, 0.6) is 0 Å². The average Bonchev–Trinajstić information content (AvgIpc) is 2.86. The SMILES string of the molecule is BrCc1sc(CN2CCCC2)nc1C1CC1. The summed E-state index contributed by atoms with van der Waals surface area (Å²) in [6.07, 6.45) is 5.44. The highest BCUT2D eigenvalue weighted by atomic mass is 79.9. The highest BCUT2D eigenvalue weighted by Gasteiger charge is 2.29. The Morgan fingerprint density at radius 2 is 2.06 bits per heavy atom. The monoisotopic (exact) mass is 300 g/mol. The minimum Gasteiger partial charge on any atom is -0.297 e. The Labute approximate surface area is 109 Å². The third-order valence-corrected chi connectivity index (χ3v) is 5.40. The lowest BCUT2D eigenvalue weighted by Crippen LogP contribution is -2.18. The predicted molar refractivity (Wildman–Crippen MR) is 71.2 cm³/mol. The molecule has 1 aromatic rings. The van der Waals surface area contributed by atoms with Crippen molar-refractivity contribution in [3.8, 4) is 0 Å². The Kier molecular flexibility index (Phi) is 3.32. The molecule has 0 radical (unpaired) electrons. The molecule has 0 spiro atoms. The van der Waals surface area contributed by atoms with Gasteiger partial charge in [0.1, 0.15) is 5.01 Å². The van der Waals surface area contributed by atoms with Crippen molar-refractivity contribution >= 4 is 27.3 Å². The molecule has 0 N–H and O–H groups in total. The first-order valence-electron chi connectivity index (χ1n) is 6.13. The maximum Gasteiger partial charge on any atom is 0.107 e. The van der Waals surface area contributed by atoms with Crippen LogP contribution in [0.25, 0.3) is 0 Å². The van der Waals surface area contributed by atoms with E-state index in [1.165, 1.54) is 54.4 Å². The molecule has 0 unspecified atom stereocenters. The summed E-state index contributed by atoms with van der Waals surface area (Å²) in [7, 11) is 0. The van der Waals surface area contributed by atoms with Gasteiger partial charge in [0, 0.05) is 16.1 Å². The predicted octanol–water partition coefficient (Wildman–Crippen LogP) is 3.51. The second-order valence-electron chi connectivity index (χ2n) is 4.81. The van der Waals surface area contributed by atoms with Crippen molar-refractivity contribution in [2.24, 2.45) is 0 Å². The first-order valence-corrected chi connectivity index (χ1v) is 8.07. The van der Waals surface area contributed by atoms with Crippen molar-refractivity contribution in [3.05, 3.63) is 15.6 Å². The van der Waals surface area contributed by atoms with E-state index in [1.807, 2.05) is 11.3 Å². The maximum absolute atomic E-state index is 4.85. The Hall–Kier alpha value is 0.0700. The van der Waals surface area contributed by atoms with E-state index in [1.54, 1.807) is 0 Å². The molecule has 2 fully saturated rings. The van der Waals surface area contributed by atoms with E-state index in [4.69, 9.17) is 4.98 Å². The van der Waals surface area contributed by atoms with E-state index in [0.29, 0.717) is 0 Å². The highest BCUT2D eigenvalue weighted by molar-refractivity contribution is 9.08. The van der Waals surface area contributed by atoms with Gasteiger partial charge in [-0.25, -0.2) is 4.98 Å². The number of hydrogen-bond acceptors (Lipinski definition) is 3. The van der Waals surface area contributed by atoms with Crippen LogP contribution < -0.4 is 0 Å². The number of thiazole rings is 1. The Bertz CT molecular complexity index is 367. The van der Waals surface area contributed by atoms with Crippen LogP contribution in [0.15, 0.2) is 0 Å². The van der Waals surface area contributed by atoms with Gasteiger partial charge in [0.2, 0.25) is 0 Å². The number of nitrogens with zero attached hydrogens (tertiary/aromatic N) is 2. The van der Waals surface area contributed by atoms with Gasteiger partial charge in [-0.2, -0.15) is 0 Å². The smallest absolute Gasteiger partial charge is 0.107 e. The molecule has 88 valence electrons. The van der Waals surface area contributed by atoms with Gasteiger partial charge in [-0.1, -0.05) is 15.9 Å². The second-order valence-corrected chi connectivity index (χ2v) is 6.54. The first-order chi connectivity index (χ1) is 7.86. The lowest BCUT2D eigenvalue weighted by molar-refractivity contribution is 0.330. The van der Waals surface area contributed by atoms with Crippen LogP contribution >= 0.6 is 27.3 Å². The lowest BCUT2D eigenvalue weighted by atomic mass is 10.3. The Morgan fingerprint density at radius 3 is 2.69 bits per heavy atom. The highest BCUT2D eigenvalue weighted by Crippen LogP contribution is 2.43. The summed E-state index contributed by atoms with van der Waals surface area (Å²) in [5, 5.41) is 2.31. The number of hydrogen-bond donors (Lipinski definition) is 0. The summed E-state index contributed by atoms with van der Waals surface area (Å²) in [5.41, 5.74) is 1.40.